The average Bonchev–Trinajstić information content (AvgIpc) is 2.80. The van der Waals surface area contributed by atoms with Gasteiger partial charge in [-0.3, -0.25) is 10.2 Å². The smallest absolute Gasteiger partial charge is 0.416 e. The molecule has 3 aromatic rings. The van der Waals surface area contributed by atoms with Crippen LogP contribution >= 0.6 is 0 Å². The van der Waals surface area contributed by atoms with Crippen LogP contribution in [0.3, 0.4) is 0 Å². The van der Waals surface area contributed by atoms with E-state index in [4.69, 9.17) is 14.2 Å². The Morgan fingerprint density at radius 2 is 2.03 bits per heavy atom. The van der Waals surface area contributed by atoms with Gasteiger partial charge in [0.05, 0.1) is 12.1 Å². The van der Waals surface area contributed by atoms with Crippen molar-refractivity contribution in [3.05, 3.63) is 65.7 Å². The number of pyridine rings is 1. The summed E-state index contributed by atoms with van der Waals surface area (Å²) in [4.78, 5) is 30.8. The fraction of sp³-hybridized carbons (Fsp3) is 0.346. The van der Waals surface area contributed by atoms with Crippen LogP contribution in [0.5, 0.6) is 17.4 Å². The molecule has 1 spiro atoms. The molecule has 1 aromatic carbocycles. The molecule has 1 N–H and O–H groups in total. The lowest BCUT2D eigenvalue weighted by atomic mass is 9.69. The Labute approximate surface area is 212 Å². The lowest BCUT2D eigenvalue weighted by Crippen LogP contribution is -2.57. The number of hydrogen-bond donors (Lipinski definition) is 1. The Bertz CT molecular complexity index is 1340. The number of rotatable bonds is 5. The Kier molecular flexibility index (Phi) is 6.14. The molecule has 1 aliphatic carbocycles. The lowest BCUT2D eigenvalue weighted by molar-refractivity contribution is 0.00109. The van der Waals surface area contributed by atoms with Crippen LogP contribution in [-0.4, -0.2) is 37.9 Å². The zero-order chi connectivity index (χ0) is 26.2. The zero-order valence-electron chi connectivity index (χ0n) is 20.7. The standard InChI is InChI=1S/C26H26FN5O5/c1-25(2,3)37-23(33)30-22-21(27)16(9-13-28-22)15-32-24(34)36-19-14-17(35-20-6-4-12-29-31-20)7-8-18(19)26(32)10-5-11-26/h4,6-9,12-14H,5,10-11,15H2,1-3H3,(H,28,30,33). The molecule has 10 nitrogen and oxygen atoms in total. The summed E-state index contributed by atoms with van der Waals surface area (Å²) < 4.78 is 31.9. The summed E-state index contributed by atoms with van der Waals surface area (Å²) in [5.41, 5.74) is -0.370. The minimum absolute atomic E-state index is 0.0620. The number of benzene rings is 1. The van der Waals surface area contributed by atoms with Crippen LogP contribution in [0.25, 0.3) is 0 Å². The number of nitrogens with zero attached hydrogens (tertiary/aromatic N) is 4. The molecule has 1 fully saturated rings. The molecule has 2 amide bonds. The van der Waals surface area contributed by atoms with Crippen molar-refractivity contribution in [2.75, 3.05) is 5.32 Å². The second kappa shape index (κ2) is 9.30. The molecule has 37 heavy (non-hydrogen) atoms. The first-order valence-corrected chi connectivity index (χ1v) is 11.9. The lowest BCUT2D eigenvalue weighted by Gasteiger charge is -2.52. The number of ether oxygens (including phenoxy) is 3. The predicted octanol–water partition coefficient (Wildman–Crippen LogP) is 5.54. The van der Waals surface area contributed by atoms with E-state index in [0.717, 1.165) is 12.0 Å². The van der Waals surface area contributed by atoms with Crippen LogP contribution in [0.1, 0.15) is 51.2 Å². The number of carbonyl (C=O) groups excluding carboxylic acids is 2. The van der Waals surface area contributed by atoms with Gasteiger partial charge in [0.1, 0.15) is 17.1 Å². The number of nitrogens with one attached hydrogen (secondary N) is 1. The van der Waals surface area contributed by atoms with E-state index in [1.165, 1.54) is 17.2 Å². The van der Waals surface area contributed by atoms with Crippen molar-refractivity contribution < 1.29 is 28.2 Å². The van der Waals surface area contributed by atoms with Gasteiger partial charge in [0, 0.05) is 35.7 Å². The largest absolute Gasteiger partial charge is 0.444 e. The molecule has 0 bridgehead atoms. The van der Waals surface area contributed by atoms with Crippen LogP contribution in [0.15, 0.2) is 48.8 Å². The number of anilines is 1. The van der Waals surface area contributed by atoms with E-state index >= 15 is 4.39 Å². The summed E-state index contributed by atoms with van der Waals surface area (Å²) in [6.45, 7) is 5.05. The first-order valence-electron chi connectivity index (χ1n) is 11.9. The second-order valence-corrected chi connectivity index (χ2v) is 9.92. The van der Waals surface area contributed by atoms with E-state index in [2.05, 4.69) is 20.5 Å². The van der Waals surface area contributed by atoms with E-state index in [0.29, 0.717) is 30.2 Å². The molecular formula is C26H26FN5O5. The van der Waals surface area contributed by atoms with Crippen LogP contribution in [-0.2, 0) is 16.8 Å². The van der Waals surface area contributed by atoms with Gasteiger partial charge in [-0.1, -0.05) is 0 Å². The fourth-order valence-corrected chi connectivity index (χ4v) is 4.50. The monoisotopic (exact) mass is 507 g/mol. The summed E-state index contributed by atoms with van der Waals surface area (Å²) in [6, 6.07) is 10.1. The highest BCUT2D eigenvalue weighted by atomic mass is 19.1. The van der Waals surface area contributed by atoms with Crippen molar-refractivity contribution in [2.45, 2.75) is 57.7 Å². The normalized spacial score (nSPS) is 15.9. The Hall–Kier alpha value is -4.28. The summed E-state index contributed by atoms with van der Waals surface area (Å²) in [5.74, 6) is 0.145. The van der Waals surface area contributed by atoms with Gasteiger partial charge in [-0.05, 0) is 64.3 Å². The maximum Gasteiger partial charge on any atom is 0.416 e. The third kappa shape index (κ3) is 4.89. The Morgan fingerprint density at radius 3 is 2.70 bits per heavy atom. The van der Waals surface area contributed by atoms with Gasteiger partial charge in [0.15, 0.2) is 11.6 Å². The number of hydrogen-bond acceptors (Lipinski definition) is 8. The highest BCUT2D eigenvalue weighted by Gasteiger charge is 2.52. The molecule has 0 atom stereocenters. The first kappa shape index (κ1) is 24.4. The topological polar surface area (TPSA) is 116 Å². The second-order valence-electron chi connectivity index (χ2n) is 9.92. The molecule has 0 saturated heterocycles. The molecule has 192 valence electrons. The highest BCUT2D eigenvalue weighted by molar-refractivity contribution is 5.84. The maximum atomic E-state index is 15.3. The van der Waals surface area contributed by atoms with Crippen LogP contribution in [0.4, 0.5) is 19.8 Å². The molecule has 1 saturated carbocycles. The molecule has 1 aliphatic heterocycles. The van der Waals surface area contributed by atoms with E-state index in [1.54, 1.807) is 51.2 Å². The van der Waals surface area contributed by atoms with Crippen molar-refractivity contribution in [1.29, 1.82) is 0 Å². The SMILES string of the molecule is CC(C)(C)OC(=O)Nc1nccc(CN2C(=O)Oc3cc(Oc4cccnn4)ccc3C23CCC3)c1F. The zero-order valence-corrected chi connectivity index (χ0v) is 20.7. The van der Waals surface area contributed by atoms with E-state index < -0.39 is 29.1 Å². The average molecular weight is 508 g/mol. The van der Waals surface area contributed by atoms with Gasteiger partial charge in [-0.15, -0.1) is 5.10 Å². The Balaban J connectivity index is 1.39. The third-order valence-corrected chi connectivity index (χ3v) is 6.26. The molecule has 2 aromatic heterocycles. The minimum atomic E-state index is -0.822. The van der Waals surface area contributed by atoms with Gasteiger partial charge in [0.25, 0.3) is 0 Å². The molecular weight excluding hydrogens is 481 g/mol. The summed E-state index contributed by atoms with van der Waals surface area (Å²) in [6.07, 6.45) is 3.81. The summed E-state index contributed by atoms with van der Waals surface area (Å²) in [5, 5.41) is 10.0. The van der Waals surface area contributed by atoms with Gasteiger partial charge in [-0.2, -0.15) is 5.10 Å². The quantitative estimate of drug-likeness (QED) is 0.478. The van der Waals surface area contributed by atoms with Crippen molar-refractivity contribution in [3.63, 3.8) is 0 Å². The number of halogens is 1. The molecule has 5 rings (SSSR count). The number of fused-ring (bicyclic) bond motifs is 2. The third-order valence-electron chi connectivity index (χ3n) is 6.26. The van der Waals surface area contributed by atoms with Crippen LogP contribution < -0.4 is 14.8 Å². The van der Waals surface area contributed by atoms with Gasteiger partial charge < -0.3 is 14.2 Å². The predicted molar refractivity (Wildman–Crippen MR) is 130 cm³/mol. The summed E-state index contributed by atoms with van der Waals surface area (Å²) in [7, 11) is 0. The van der Waals surface area contributed by atoms with Crippen molar-refractivity contribution in [3.8, 4) is 17.4 Å². The highest BCUT2D eigenvalue weighted by Crippen LogP contribution is 2.53. The fourth-order valence-electron chi connectivity index (χ4n) is 4.50. The minimum Gasteiger partial charge on any atom is -0.444 e. The number of carbonyl (C=O) groups is 2. The van der Waals surface area contributed by atoms with Crippen molar-refractivity contribution in [1.82, 2.24) is 20.1 Å². The maximum absolute atomic E-state index is 15.3. The molecule has 0 unspecified atom stereocenters. The van der Waals surface area contributed by atoms with Gasteiger partial charge in [-0.25, -0.2) is 19.0 Å². The van der Waals surface area contributed by atoms with E-state index in [1.807, 2.05) is 6.07 Å². The van der Waals surface area contributed by atoms with E-state index in [-0.39, 0.29) is 17.9 Å². The number of aromatic nitrogens is 3. The number of amides is 2. The summed E-state index contributed by atoms with van der Waals surface area (Å²) >= 11 is 0. The van der Waals surface area contributed by atoms with E-state index in [9.17, 15) is 9.59 Å². The molecule has 3 heterocycles. The van der Waals surface area contributed by atoms with Gasteiger partial charge in [0.2, 0.25) is 5.88 Å². The molecule has 0 radical (unpaired) electrons. The molecule has 11 heteroatoms. The van der Waals surface area contributed by atoms with Crippen molar-refractivity contribution in [2.24, 2.45) is 0 Å². The van der Waals surface area contributed by atoms with Gasteiger partial charge >= 0.3 is 12.2 Å². The first-order chi connectivity index (χ1) is 17.6. The van der Waals surface area contributed by atoms with Crippen LogP contribution in [0.2, 0.25) is 0 Å². The van der Waals surface area contributed by atoms with Crippen molar-refractivity contribution >= 4 is 18.0 Å². The van der Waals surface area contributed by atoms with Crippen LogP contribution in [0, 0.1) is 5.82 Å². The molecule has 2 aliphatic rings. The Morgan fingerprint density at radius 1 is 1.22 bits per heavy atom.